The predicted molar refractivity (Wildman–Crippen MR) is 75.6 cm³/mol. The van der Waals surface area contributed by atoms with E-state index in [-0.39, 0.29) is 22.8 Å². The van der Waals surface area contributed by atoms with Gasteiger partial charge < -0.3 is 9.84 Å². The van der Waals surface area contributed by atoms with E-state index in [4.69, 9.17) is 4.74 Å². The fourth-order valence-corrected chi connectivity index (χ4v) is 4.99. The van der Waals surface area contributed by atoms with Crippen molar-refractivity contribution in [2.75, 3.05) is 18.6 Å². The Kier molecular flexibility index (Phi) is 4.26. The summed E-state index contributed by atoms with van der Waals surface area (Å²) in [6, 6.07) is 6.12. The number of methoxy groups -OCH3 is 1. The lowest BCUT2D eigenvalue weighted by Gasteiger charge is -2.24. The first-order chi connectivity index (χ1) is 9.41. The van der Waals surface area contributed by atoms with Gasteiger partial charge in [-0.2, -0.15) is 16.5 Å². The molecule has 0 amide bonds. The SMILES string of the molecule is COc1ccccc1S(=O)(=O)NC1(C(=O)O)CCSC1. The number of para-hydroxylation sites is 1. The van der Waals surface area contributed by atoms with Crippen molar-refractivity contribution in [3.63, 3.8) is 0 Å². The maximum atomic E-state index is 12.4. The Hall–Kier alpha value is -1.25. The second-order valence-corrected chi connectivity index (χ2v) is 7.20. The lowest BCUT2D eigenvalue weighted by molar-refractivity contribution is -0.142. The molecule has 8 heteroatoms. The van der Waals surface area contributed by atoms with Crippen molar-refractivity contribution in [1.29, 1.82) is 0 Å². The zero-order chi connectivity index (χ0) is 14.8. The van der Waals surface area contributed by atoms with Gasteiger partial charge in [-0.05, 0) is 24.3 Å². The molecule has 1 atom stereocenters. The Bertz CT molecular complexity index is 608. The minimum absolute atomic E-state index is 0.0555. The minimum Gasteiger partial charge on any atom is -0.495 e. The van der Waals surface area contributed by atoms with Crippen LogP contribution in [-0.2, 0) is 14.8 Å². The van der Waals surface area contributed by atoms with Gasteiger partial charge >= 0.3 is 5.97 Å². The largest absolute Gasteiger partial charge is 0.495 e. The standard InChI is InChI=1S/C12H15NO5S2/c1-18-9-4-2-3-5-10(9)20(16,17)13-12(11(14)15)6-7-19-8-12/h2-5,13H,6-8H2,1H3,(H,14,15). The maximum absolute atomic E-state index is 12.4. The van der Waals surface area contributed by atoms with Crippen molar-refractivity contribution in [3.8, 4) is 5.75 Å². The van der Waals surface area contributed by atoms with Crippen LogP contribution < -0.4 is 9.46 Å². The van der Waals surface area contributed by atoms with Crippen molar-refractivity contribution in [2.45, 2.75) is 16.9 Å². The molecular formula is C12H15NO5S2. The average molecular weight is 317 g/mol. The van der Waals surface area contributed by atoms with Crippen LogP contribution in [-0.4, -0.2) is 43.6 Å². The van der Waals surface area contributed by atoms with Gasteiger partial charge in [0.05, 0.1) is 7.11 Å². The van der Waals surface area contributed by atoms with Crippen molar-refractivity contribution in [2.24, 2.45) is 0 Å². The summed E-state index contributed by atoms with van der Waals surface area (Å²) in [6.07, 6.45) is 0.265. The highest BCUT2D eigenvalue weighted by Gasteiger charge is 2.45. The van der Waals surface area contributed by atoms with E-state index in [9.17, 15) is 18.3 Å². The highest BCUT2D eigenvalue weighted by atomic mass is 32.2. The third-order valence-electron chi connectivity index (χ3n) is 3.12. The first-order valence-corrected chi connectivity index (χ1v) is 8.53. The Morgan fingerprint density at radius 2 is 2.15 bits per heavy atom. The van der Waals surface area contributed by atoms with E-state index in [1.165, 1.54) is 31.0 Å². The lowest BCUT2D eigenvalue weighted by Crippen LogP contribution is -2.54. The molecule has 2 rings (SSSR count). The number of carboxylic acids is 1. The summed E-state index contributed by atoms with van der Waals surface area (Å²) in [5, 5.41) is 9.33. The van der Waals surface area contributed by atoms with Gasteiger partial charge in [-0.25, -0.2) is 8.42 Å². The number of hydrogen-bond acceptors (Lipinski definition) is 5. The molecule has 1 aromatic rings. The number of hydrogen-bond donors (Lipinski definition) is 2. The molecule has 1 heterocycles. The highest BCUT2D eigenvalue weighted by molar-refractivity contribution is 7.99. The zero-order valence-electron chi connectivity index (χ0n) is 10.8. The molecule has 1 fully saturated rings. The van der Waals surface area contributed by atoms with Crippen molar-refractivity contribution in [1.82, 2.24) is 4.72 Å². The molecule has 1 aliphatic rings. The number of carbonyl (C=O) groups is 1. The summed E-state index contributed by atoms with van der Waals surface area (Å²) in [6.45, 7) is 0. The number of rotatable bonds is 5. The molecule has 1 unspecified atom stereocenters. The monoisotopic (exact) mass is 317 g/mol. The molecule has 1 aliphatic heterocycles. The van der Waals surface area contributed by atoms with E-state index in [1.807, 2.05) is 0 Å². The third-order valence-corrected chi connectivity index (χ3v) is 5.88. The van der Waals surface area contributed by atoms with E-state index < -0.39 is 21.5 Å². The molecule has 0 aliphatic carbocycles. The van der Waals surface area contributed by atoms with Gasteiger partial charge in [-0.15, -0.1) is 0 Å². The van der Waals surface area contributed by atoms with Crippen LogP contribution >= 0.6 is 11.8 Å². The van der Waals surface area contributed by atoms with Gasteiger partial charge in [-0.1, -0.05) is 12.1 Å². The molecule has 0 aromatic heterocycles. The lowest BCUT2D eigenvalue weighted by atomic mass is 10.0. The van der Waals surface area contributed by atoms with Crippen molar-refractivity contribution in [3.05, 3.63) is 24.3 Å². The molecule has 0 bridgehead atoms. The van der Waals surface area contributed by atoms with Crippen LogP contribution in [0.4, 0.5) is 0 Å². The summed E-state index contributed by atoms with van der Waals surface area (Å²) < 4.78 is 32.2. The summed E-state index contributed by atoms with van der Waals surface area (Å²) in [7, 11) is -2.59. The number of ether oxygens (including phenoxy) is 1. The molecule has 1 aromatic carbocycles. The van der Waals surface area contributed by atoms with Crippen LogP contribution in [0.5, 0.6) is 5.75 Å². The van der Waals surface area contributed by atoms with E-state index in [2.05, 4.69) is 4.72 Å². The number of benzene rings is 1. The Morgan fingerprint density at radius 1 is 1.45 bits per heavy atom. The van der Waals surface area contributed by atoms with E-state index in [0.29, 0.717) is 5.75 Å². The molecule has 0 spiro atoms. The molecule has 0 radical (unpaired) electrons. The zero-order valence-corrected chi connectivity index (χ0v) is 12.5. The average Bonchev–Trinajstić information content (AvgIpc) is 2.88. The van der Waals surface area contributed by atoms with E-state index in [0.717, 1.165) is 0 Å². The minimum atomic E-state index is -3.96. The Labute approximate surface area is 121 Å². The number of carboxylic acid groups (broad SMARTS) is 1. The second-order valence-electron chi connectivity index (χ2n) is 4.45. The normalized spacial score (nSPS) is 22.6. The van der Waals surface area contributed by atoms with Crippen molar-refractivity contribution < 1.29 is 23.1 Å². The topological polar surface area (TPSA) is 92.7 Å². The Morgan fingerprint density at radius 3 is 2.70 bits per heavy atom. The van der Waals surface area contributed by atoms with Crippen LogP contribution in [0.3, 0.4) is 0 Å². The van der Waals surface area contributed by atoms with Crippen molar-refractivity contribution >= 4 is 27.8 Å². The van der Waals surface area contributed by atoms with Crippen LogP contribution in [0, 0.1) is 0 Å². The summed E-state index contributed by atoms with van der Waals surface area (Å²) in [4.78, 5) is 11.4. The summed E-state index contributed by atoms with van der Waals surface area (Å²) >= 11 is 1.42. The molecule has 0 saturated carbocycles. The number of aliphatic carboxylic acids is 1. The quantitative estimate of drug-likeness (QED) is 0.839. The van der Waals surface area contributed by atoms with Gasteiger partial charge in [0.15, 0.2) is 0 Å². The van der Waals surface area contributed by atoms with Crippen LogP contribution in [0.1, 0.15) is 6.42 Å². The molecule has 2 N–H and O–H groups in total. The third kappa shape index (κ3) is 2.77. The summed E-state index contributed by atoms with van der Waals surface area (Å²) in [5.74, 6) is -0.135. The number of sulfonamides is 1. The fraction of sp³-hybridized carbons (Fsp3) is 0.417. The van der Waals surface area contributed by atoms with Gasteiger partial charge in [0.1, 0.15) is 16.2 Å². The Balaban J connectivity index is 2.38. The smallest absolute Gasteiger partial charge is 0.325 e. The van der Waals surface area contributed by atoms with Gasteiger partial charge in [-0.3, -0.25) is 4.79 Å². The predicted octanol–water partition coefficient (Wildman–Crippen LogP) is 0.934. The number of nitrogens with one attached hydrogen (secondary N) is 1. The number of thioether (sulfide) groups is 1. The van der Waals surface area contributed by atoms with E-state index >= 15 is 0 Å². The first-order valence-electron chi connectivity index (χ1n) is 5.89. The molecule has 1 saturated heterocycles. The maximum Gasteiger partial charge on any atom is 0.325 e. The second kappa shape index (κ2) is 5.63. The van der Waals surface area contributed by atoms with Gasteiger partial charge in [0.2, 0.25) is 10.0 Å². The van der Waals surface area contributed by atoms with Crippen LogP contribution in [0.25, 0.3) is 0 Å². The first kappa shape index (κ1) is 15.1. The van der Waals surface area contributed by atoms with Gasteiger partial charge in [0, 0.05) is 5.75 Å². The van der Waals surface area contributed by atoms with E-state index in [1.54, 1.807) is 12.1 Å². The molecular weight excluding hydrogens is 302 g/mol. The fourth-order valence-electron chi connectivity index (χ4n) is 2.01. The molecule has 6 nitrogen and oxygen atoms in total. The van der Waals surface area contributed by atoms with Crippen LogP contribution in [0.2, 0.25) is 0 Å². The van der Waals surface area contributed by atoms with Gasteiger partial charge in [0.25, 0.3) is 0 Å². The highest BCUT2D eigenvalue weighted by Crippen LogP contribution is 2.31. The molecule has 20 heavy (non-hydrogen) atoms. The van der Waals surface area contributed by atoms with Crippen LogP contribution in [0.15, 0.2) is 29.2 Å². The summed E-state index contributed by atoms with van der Waals surface area (Å²) in [5.41, 5.74) is -1.44. The molecule has 110 valence electrons.